The van der Waals surface area contributed by atoms with Crippen molar-refractivity contribution < 1.29 is 4.79 Å². The van der Waals surface area contributed by atoms with E-state index in [1.807, 2.05) is 7.05 Å². The zero-order valence-electron chi connectivity index (χ0n) is 16.7. The molecule has 1 unspecified atom stereocenters. The summed E-state index contributed by atoms with van der Waals surface area (Å²) in [7, 11) is 3.61. The molecule has 0 aliphatic carbocycles. The number of anilines is 2. The van der Waals surface area contributed by atoms with Crippen molar-refractivity contribution in [2.45, 2.75) is 18.9 Å². The van der Waals surface area contributed by atoms with Crippen LogP contribution in [0.4, 0.5) is 11.4 Å². The number of rotatable bonds is 4. The number of aromatic amines is 1. The van der Waals surface area contributed by atoms with Gasteiger partial charge in [-0.15, -0.1) is 12.4 Å². The summed E-state index contributed by atoms with van der Waals surface area (Å²) >= 11 is 3.65. The van der Waals surface area contributed by atoms with Crippen LogP contribution in [0.25, 0.3) is 11.0 Å². The van der Waals surface area contributed by atoms with Crippen molar-refractivity contribution in [1.82, 2.24) is 19.9 Å². The number of aryl methyl sites for hydroxylation is 1. The van der Waals surface area contributed by atoms with Gasteiger partial charge in [-0.2, -0.15) is 0 Å². The number of pyridine rings is 2. The Morgan fingerprint density at radius 1 is 1.37 bits per heavy atom. The molecule has 30 heavy (non-hydrogen) atoms. The number of likely N-dealkylation sites (N-methyl/N-ethyl adjacent to an activating group) is 1. The third-order valence-corrected chi connectivity index (χ3v) is 5.95. The van der Waals surface area contributed by atoms with Crippen LogP contribution in [0.15, 0.2) is 40.0 Å². The molecule has 0 spiro atoms. The van der Waals surface area contributed by atoms with Gasteiger partial charge < -0.3 is 25.1 Å². The summed E-state index contributed by atoms with van der Waals surface area (Å²) in [4.78, 5) is 34.3. The summed E-state index contributed by atoms with van der Waals surface area (Å²) in [5.41, 5.74) is 2.65. The molecule has 1 atom stereocenters. The lowest BCUT2D eigenvalue weighted by molar-refractivity contribution is 0.102. The lowest BCUT2D eigenvalue weighted by Gasteiger charge is -2.35. The summed E-state index contributed by atoms with van der Waals surface area (Å²) in [6.07, 6.45) is 7.31. The molecule has 8 nitrogen and oxygen atoms in total. The van der Waals surface area contributed by atoms with Crippen molar-refractivity contribution in [3.63, 3.8) is 0 Å². The lowest BCUT2D eigenvalue weighted by Crippen LogP contribution is -2.44. The third kappa shape index (κ3) is 4.23. The fraction of sp³-hybridized carbons (Fsp3) is 0.350. The Morgan fingerprint density at radius 2 is 2.17 bits per heavy atom. The zero-order chi connectivity index (χ0) is 20.5. The van der Waals surface area contributed by atoms with Crippen molar-refractivity contribution in [2.24, 2.45) is 7.05 Å². The third-order valence-electron chi connectivity index (χ3n) is 5.37. The number of nitrogens with one attached hydrogen (secondary N) is 3. The Morgan fingerprint density at radius 3 is 2.90 bits per heavy atom. The van der Waals surface area contributed by atoms with Crippen molar-refractivity contribution in [2.75, 3.05) is 30.4 Å². The molecule has 0 aromatic carbocycles. The van der Waals surface area contributed by atoms with Gasteiger partial charge in [0.1, 0.15) is 5.65 Å². The number of amides is 1. The molecular weight excluding hydrogens is 472 g/mol. The summed E-state index contributed by atoms with van der Waals surface area (Å²) in [5, 5.41) is 7.21. The van der Waals surface area contributed by atoms with Gasteiger partial charge in [0.2, 0.25) is 5.56 Å². The van der Waals surface area contributed by atoms with E-state index >= 15 is 0 Å². The second kappa shape index (κ2) is 9.20. The van der Waals surface area contributed by atoms with Crippen LogP contribution in [-0.2, 0) is 7.05 Å². The van der Waals surface area contributed by atoms with E-state index < -0.39 is 0 Å². The molecule has 3 N–H and O–H groups in total. The van der Waals surface area contributed by atoms with Crippen molar-refractivity contribution in [1.29, 1.82) is 0 Å². The standard InChI is InChI=1S/C20H23BrN6O2.ClH/c1-22-13-4-3-7-27(11-13)18-14(21)8-23-19-17(18)15(9-24-19)25-20(29)12-5-6-16(28)26(2)10-12;/h5-6,8-10,13,22H,3-4,7,11H2,1-2H3,(H,23,24)(H,25,29);1H. The van der Waals surface area contributed by atoms with Crippen LogP contribution in [0, 0.1) is 0 Å². The lowest BCUT2D eigenvalue weighted by atomic mass is 10.0. The molecule has 0 radical (unpaired) electrons. The molecule has 4 heterocycles. The van der Waals surface area contributed by atoms with Gasteiger partial charge in [0, 0.05) is 50.8 Å². The van der Waals surface area contributed by atoms with Gasteiger partial charge >= 0.3 is 0 Å². The van der Waals surface area contributed by atoms with E-state index in [1.54, 1.807) is 19.4 Å². The fourth-order valence-corrected chi connectivity index (χ4v) is 4.35. The Kier molecular flexibility index (Phi) is 6.84. The number of halogens is 2. The quantitative estimate of drug-likeness (QED) is 0.517. The number of piperidine rings is 1. The Balaban J connectivity index is 0.00000256. The molecule has 1 fully saturated rings. The van der Waals surface area contributed by atoms with Crippen LogP contribution in [0.1, 0.15) is 23.2 Å². The molecule has 3 aromatic heterocycles. The molecule has 160 valence electrons. The molecular formula is C20H24BrClN6O2. The Bertz CT molecular complexity index is 1130. The van der Waals surface area contributed by atoms with Crippen LogP contribution in [0.5, 0.6) is 0 Å². The van der Waals surface area contributed by atoms with Crippen molar-refractivity contribution >= 4 is 56.7 Å². The SMILES string of the molecule is CNC1CCCN(c2c(Br)cnc3[nH]cc(NC(=O)c4ccc(=O)n(C)c4)c23)C1.Cl. The highest BCUT2D eigenvalue weighted by atomic mass is 79.9. The average Bonchev–Trinajstić information content (AvgIpc) is 3.12. The highest BCUT2D eigenvalue weighted by Crippen LogP contribution is 2.39. The number of carbonyl (C=O) groups excluding carboxylic acids is 1. The van der Waals surface area contributed by atoms with E-state index in [0.29, 0.717) is 22.9 Å². The van der Waals surface area contributed by atoms with Crippen LogP contribution in [0.2, 0.25) is 0 Å². The maximum atomic E-state index is 12.8. The summed E-state index contributed by atoms with van der Waals surface area (Å²) in [5.74, 6) is -0.279. The molecule has 3 aromatic rings. The summed E-state index contributed by atoms with van der Waals surface area (Å²) in [6, 6.07) is 3.34. The number of fused-ring (bicyclic) bond motifs is 1. The topological polar surface area (TPSA) is 95.1 Å². The van der Waals surface area contributed by atoms with Gasteiger partial charge in [0.25, 0.3) is 5.91 Å². The number of aromatic nitrogens is 3. The zero-order valence-corrected chi connectivity index (χ0v) is 19.1. The van der Waals surface area contributed by atoms with Gasteiger partial charge in [-0.3, -0.25) is 9.59 Å². The monoisotopic (exact) mass is 494 g/mol. The molecule has 1 aliphatic rings. The molecule has 1 saturated heterocycles. The molecule has 0 bridgehead atoms. The first-order valence-electron chi connectivity index (χ1n) is 9.53. The number of hydrogen-bond acceptors (Lipinski definition) is 5. The van der Waals surface area contributed by atoms with Crippen LogP contribution in [-0.4, -0.2) is 46.6 Å². The van der Waals surface area contributed by atoms with Gasteiger partial charge in [0.05, 0.1) is 26.8 Å². The fourth-order valence-electron chi connectivity index (χ4n) is 3.80. The summed E-state index contributed by atoms with van der Waals surface area (Å²) in [6.45, 7) is 1.82. The normalized spacial score (nSPS) is 16.4. The minimum Gasteiger partial charge on any atom is -0.368 e. The van der Waals surface area contributed by atoms with Crippen LogP contribution in [0.3, 0.4) is 0 Å². The highest BCUT2D eigenvalue weighted by Gasteiger charge is 2.25. The van der Waals surface area contributed by atoms with E-state index in [2.05, 4.69) is 41.4 Å². The van der Waals surface area contributed by atoms with Crippen LogP contribution < -0.4 is 21.1 Å². The first-order valence-corrected chi connectivity index (χ1v) is 10.3. The maximum Gasteiger partial charge on any atom is 0.257 e. The van der Waals surface area contributed by atoms with E-state index in [9.17, 15) is 9.59 Å². The average molecular weight is 496 g/mol. The molecule has 4 rings (SSSR count). The van der Waals surface area contributed by atoms with Gasteiger partial charge in [-0.05, 0) is 41.9 Å². The minimum atomic E-state index is -0.279. The number of H-pyrrole nitrogens is 1. The highest BCUT2D eigenvalue weighted by molar-refractivity contribution is 9.10. The number of carbonyl (C=O) groups is 1. The molecule has 0 saturated carbocycles. The van der Waals surface area contributed by atoms with Gasteiger partial charge in [-0.1, -0.05) is 0 Å². The first kappa shape index (κ1) is 22.3. The molecule has 10 heteroatoms. The Labute approximate surface area is 188 Å². The van der Waals surface area contributed by atoms with E-state index in [0.717, 1.165) is 41.5 Å². The number of nitrogens with zero attached hydrogens (tertiary/aromatic N) is 3. The van der Waals surface area contributed by atoms with Crippen molar-refractivity contribution in [3.8, 4) is 0 Å². The van der Waals surface area contributed by atoms with E-state index in [4.69, 9.17) is 0 Å². The van der Waals surface area contributed by atoms with E-state index in [1.165, 1.54) is 22.9 Å². The van der Waals surface area contributed by atoms with Gasteiger partial charge in [-0.25, -0.2) is 4.98 Å². The van der Waals surface area contributed by atoms with Gasteiger partial charge in [0.15, 0.2) is 0 Å². The summed E-state index contributed by atoms with van der Waals surface area (Å²) < 4.78 is 2.28. The second-order valence-electron chi connectivity index (χ2n) is 7.28. The predicted octanol–water partition coefficient (Wildman–Crippen LogP) is 2.89. The van der Waals surface area contributed by atoms with Crippen molar-refractivity contribution in [3.05, 3.63) is 51.1 Å². The Hall–Kier alpha value is -2.36. The minimum absolute atomic E-state index is 0. The second-order valence-corrected chi connectivity index (χ2v) is 8.13. The molecule has 1 aliphatic heterocycles. The number of hydrogen-bond donors (Lipinski definition) is 3. The smallest absolute Gasteiger partial charge is 0.257 e. The predicted molar refractivity (Wildman–Crippen MR) is 125 cm³/mol. The molecule has 1 amide bonds. The van der Waals surface area contributed by atoms with Crippen LogP contribution >= 0.6 is 28.3 Å². The maximum absolute atomic E-state index is 12.8. The largest absolute Gasteiger partial charge is 0.368 e. The van der Waals surface area contributed by atoms with E-state index in [-0.39, 0.29) is 23.9 Å². The first-order chi connectivity index (χ1) is 14.0.